The van der Waals surface area contributed by atoms with Crippen LogP contribution in [0.4, 0.5) is 21.7 Å². The minimum atomic E-state index is -5.13. The Bertz CT molecular complexity index is 270. The fourth-order valence-electron chi connectivity index (χ4n) is 0.662. The summed E-state index contributed by atoms with van der Waals surface area (Å²) in [6.07, 6.45) is -2.82. The zero-order chi connectivity index (χ0) is 9.35. The predicted molar refractivity (Wildman–Crippen MR) is 38.0 cm³/mol. The Kier molecular flexibility index (Phi) is 5.64. The van der Waals surface area contributed by atoms with Crippen LogP contribution in [0.15, 0.2) is 12.1 Å². The summed E-state index contributed by atoms with van der Waals surface area (Å²) in [5.41, 5.74) is 0. The van der Waals surface area contributed by atoms with Gasteiger partial charge in [0.15, 0.2) is 0 Å². The summed E-state index contributed by atoms with van der Waals surface area (Å²) in [6.45, 7) is -5.13. The van der Waals surface area contributed by atoms with Crippen molar-refractivity contribution in [3.63, 3.8) is 0 Å². The van der Waals surface area contributed by atoms with Gasteiger partial charge in [-0.25, -0.2) is 8.78 Å². The van der Waals surface area contributed by atoms with Crippen LogP contribution >= 0.6 is 11.3 Å². The number of halogens is 5. The molecule has 0 bridgehead atoms. The van der Waals surface area contributed by atoms with Gasteiger partial charge in [0.1, 0.15) is 0 Å². The molecule has 0 fully saturated rings. The van der Waals surface area contributed by atoms with Gasteiger partial charge in [0.25, 0.3) is 6.43 Å². The second kappa shape index (κ2) is 5.22. The van der Waals surface area contributed by atoms with Gasteiger partial charge in [-0.05, 0) is 6.07 Å². The van der Waals surface area contributed by atoms with Gasteiger partial charge in [-0.1, -0.05) is 10.8 Å². The summed E-state index contributed by atoms with van der Waals surface area (Å²) in [5, 5.41) is 0. The van der Waals surface area contributed by atoms with Gasteiger partial charge in [-0.2, -0.15) is 11.3 Å². The van der Waals surface area contributed by atoms with E-state index in [0.717, 1.165) is 6.07 Å². The monoisotopic (exact) mass is 240 g/mol. The van der Waals surface area contributed by atoms with E-state index in [1.54, 1.807) is 0 Å². The maximum atomic E-state index is 11.9. The molecule has 0 amide bonds. The third kappa shape index (κ3) is 3.96. The molecule has 0 aliphatic heterocycles. The van der Waals surface area contributed by atoms with E-state index in [9.17, 15) is 21.7 Å². The van der Waals surface area contributed by atoms with Crippen LogP contribution in [-0.4, -0.2) is 6.98 Å². The van der Waals surface area contributed by atoms with Crippen molar-refractivity contribution in [2.75, 3.05) is 0 Å². The Morgan fingerprint density at radius 3 is 1.92 bits per heavy atom. The van der Waals surface area contributed by atoms with Crippen LogP contribution in [0.2, 0.25) is 0 Å². The van der Waals surface area contributed by atoms with Gasteiger partial charge in [-0.3, -0.25) is 0 Å². The molecular formula is C5H3BF5KS. The van der Waals surface area contributed by atoms with E-state index in [1.165, 1.54) is 0 Å². The first-order valence-electron chi connectivity index (χ1n) is 2.99. The molecule has 0 aliphatic rings. The maximum Gasteiger partial charge on any atom is 1.00 e. The molecule has 0 atom stereocenters. The van der Waals surface area contributed by atoms with Crippen LogP contribution in [0.1, 0.15) is 11.3 Å². The molecule has 68 valence electrons. The van der Waals surface area contributed by atoms with E-state index < -0.39 is 23.1 Å². The van der Waals surface area contributed by atoms with Gasteiger partial charge in [-0.15, -0.1) is 0 Å². The first kappa shape index (κ1) is 14.1. The van der Waals surface area contributed by atoms with E-state index in [4.69, 9.17) is 0 Å². The van der Waals surface area contributed by atoms with Gasteiger partial charge in [0, 0.05) is 0 Å². The minimum Gasteiger partial charge on any atom is -0.444 e. The Labute approximate surface area is 118 Å². The maximum absolute atomic E-state index is 11.9. The van der Waals surface area contributed by atoms with Crippen LogP contribution < -0.4 is 56.2 Å². The molecule has 0 unspecified atom stereocenters. The fraction of sp³-hybridized carbons (Fsp3) is 0.200. The molecule has 0 aromatic carbocycles. The number of alkyl halides is 2. The van der Waals surface area contributed by atoms with Crippen molar-refractivity contribution >= 4 is 23.1 Å². The number of hydrogen-bond acceptors (Lipinski definition) is 1. The van der Waals surface area contributed by atoms with Crippen molar-refractivity contribution in [1.29, 1.82) is 0 Å². The molecule has 0 N–H and O–H groups in total. The second-order valence-corrected chi connectivity index (χ2v) is 3.26. The van der Waals surface area contributed by atoms with Gasteiger partial charge >= 0.3 is 58.4 Å². The molecule has 0 saturated heterocycles. The normalized spacial score (nSPS) is 11.5. The first-order chi connectivity index (χ1) is 5.41. The topological polar surface area (TPSA) is 0 Å². The third-order valence-corrected chi connectivity index (χ3v) is 2.37. The van der Waals surface area contributed by atoms with Crippen molar-refractivity contribution in [2.45, 2.75) is 6.43 Å². The molecule has 1 heterocycles. The number of thiophene rings is 1. The predicted octanol–water partition coefficient (Wildman–Crippen LogP) is -0.256. The molecule has 1 aromatic rings. The number of rotatable bonds is 2. The molecule has 0 radical (unpaired) electrons. The Hall–Kier alpha value is 1.05. The van der Waals surface area contributed by atoms with Gasteiger partial charge < -0.3 is 12.9 Å². The van der Waals surface area contributed by atoms with Crippen molar-refractivity contribution in [1.82, 2.24) is 0 Å². The minimum absolute atomic E-state index is 0. The number of hydrogen-bond donors (Lipinski definition) is 0. The quantitative estimate of drug-likeness (QED) is 0.493. The summed E-state index contributed by atoms with van der Waals surface area (Å²) in [5.74, 6) is 0. The summed E-state index contributed by atoms with van der Waals surface area (Å²) in [4.78, 5) is -0.538. The standard InChI is InChI=1S/C5H3BF5S.K/c7-5(8)3-1-2-4(12-3)6(9,10)11;/h1-2,5H;/q-1;+1. The first-order valence-corrected chi connectivity index (χ1v) is 3.80. The molecule has 1 rings (SSSR count). The van der Waals surface area contributed by atoms with E-state index in [0.29, 0.717) is 6.07 Å². The molecule has 0 spiro atoms. The van der Waals surface area contributed by atoms with Crippen LogP contribution in [0, 0.1) is 0 Å². The smallest absolute Gasteiger partial charge is 0.444 e. The molecule has 0 aliphatic carbocycles. The largest absolute Gasteiger partial charge is 1.00 e. The second-order valence-electron chi connectivity index (χ2n) is 2.12. The third-order valence-electron chi connectivity index (χ3n) is 1.19. The summed E-state index contributed by atoms with van der Waals surface area (Å²) in [6, 6.07) is 1.49. The molecule has 0 nitrogen and oxygen atoms in total. The van der Waals surface area contributed by atoms with Gasteiger partial charge in [0.2, 0.25) is 0 Å². The summed E-state index contributed by atoms with van der Waals surface area (Å²) < 4.78 is 58.4. The summed E-state index contributed by atoms with van der Waals surface area (Å²) >= 11 is 0.101. The van der Waals surface area contributed by atoms with E-state index >= 15 is 0 Å². The van der Waals surface area contributed by atoms with Crippen LogP contribution in [-0.2, 0) is 0 Å². The summed E-state index contributed by atoms with van der Waals surface area (Å²) in [7, 11) is 0. The van der Waals surface area contributed by atoms with E-state index in [-0.39, 0.29) is 62.7 Å². The molecule has 8 heteroatoms. The zero-order valence-corrected chi connectivity index (χ0v) is 10.5. The average molecular weight is 240 g/mol. The zero-order valence-electron chi connectivity index (χ0n) is 6.61. The van der Waals surface area contributed by atoms with E-state index in [2.05, 4.69) is 0 Å². The molecule has 1 aromatic heterocycles. The van der Waals surface area contributed by atoms with Crippen molar-refractivity contribution in [3.05, 3.63) is 17.0 Å². The Morgan fingerprint density at radius 2 is 1.69 bits per heavy atom. The Balaban J connectivity index is 0.00000144. The molecular weight excluding hydrogens is 237 g/mol. The van der Waals surface area contributed by atoms with Crippen LogP contribution in [0.5, 0.6) is 0 Å². The van der Waals surface area contributed by atoms with Crippen molar-refractivity contribution in [3.8, 4) is 0 Å². The van der Waals surface area contributed by atoms with E-state index in [1.807, 2.05) is 0 Å². The van der Waals surface area contributed by atoms with Crippen LogP contribution in [0.25, 0.3) is 0 Å². The molecule has 13 heavy (non-hydrogen) atoms. The fourth-order valence-corrected chi connectivity index (χ4v) is 1.43. The molecule has 0 saturated carbocycles. The van der Waals surface area contributed by atoms with Gasteiger partial charge in [0.05, 0.1) is 4.88 Å². The van der Waals surface area contributed by atoms with Crippen molar-refractivity contribution in [2.24, 2.45) is 0 Å². The SMILES string of the molecule is FC(F)c1ccc([B-](F)(F)F)s1.[K+]. The van der Waals surface area contributed by atoms with Crippen LogP contribution in [0.3, 0.4) is 0 Å². The van der Waals surface area contributed by atoms with Crippen molar-refractivity contribution < 1.29 is 73.1 Å². The Morgan fingerprint density at radius 1 is 1.15 bits per heavy atom. The average Bonchev–Trinajstić information content (AvgIpc) is 2.30.